The Hall–Kier alpha value is -3.36. The number of hydrogen-bond acceptors (Lipinski definition) is 7. The minimum Gasteiger partial charge on any atom is -0.497 e. The second-order valence-electron chi connectivity index (χ2n) is 6.17. The quantitative estimate of drug-likeness (QED) is 0.420. The van der Waals surface area contributed by atoms with Crippen LogP contribution in [0.4, 0.5) is 0 Å². The molecule has 0 saturated heterocycles. The van der Waals surface area contributed by atoms with Crippen molar-refractivity contribution in [3.63, 3.8) is 0 Å². The lowest BCUT2D eigenvalue weighted by atomic mass is 10.1. The van der Waals surface area contributed by atoms with Gasteiger partial charge in [-0.15, -0.1) is 26.3 Å². The lowest BCUT2D eigenvalue weighted by Gasteiger charge is -2.04. The van der Waals surface area contributed by atoms with Crippen molar-refractivity contribution in [3.8, 4) is 34.1 Å². The summed E-state index contributed by atoms with van der Waals surface area (Å²) in [7, 11) is 1.62. The van der Waals surface area contributed by atoms with Gasteiger partial charge in [-0.3, -0.25) is 0 Å². The Kier molecular flexibility index (Phi) is 4.42. The van der Waals surface area contributed by atoms with Crippen LogP contribution < -0.4 is 4.74 Å². The number of nitrogens with zero attached hydrogens (tertiary/aromatic N) is 6. The van der Waals surface area contributed by atoms with Crippen LogP contribution in [0.1, 0.15) is 0 Å². The molecule has 3 aromatic heterocycles. The van der Waals surface area contributed by atoms with Crippen molar-refractivity contribution in [3.05, 3.63) is 65.3 Å². The summed E-state index contributed by atoms with van der Waals surface area (Å²) in [6, 6.07) is 15.2. The second kappa shape index (κ2) is 7.23. The molecule has 0 radical (unpaired) electrons. The van der Waals surface area contributed by atoms with Crippen LogP contribution in [-0.2, 0) is 0 Å². The van der Waals surface area contributed by atoms with Gasteiger partial charge >= 0.3 is 0 Å². The molecule has 5 rings (SSSR count). The number of tetrazole rings is 1. The molecule has 5 aromatic rings. The molecule has 0 fully saturated rings. The SMILES string of the molecule is COc1cccc(-c2nnn(-c3ncnc4scc(-c5ccc(Cl)cc5)c34)n2)c1. The minimum atomic E-state index is 0.485. The first-order valence-corrected chi connectivity index (χ1v) is 9.91. The third-order valence-electron chi connectivity index (χ3n) is 4.44. The first-order valence-electron chi connectivity index (χ1n) is 8.66. The Labute approximate surface area is 174 Å². The normalized spacial score (nSPS) is 11.1. The van der Waals surface area contributed by atoms with E-state index in [-0.39, 0.29) is 0 Å². The van der Waals surface area contributed by atoms with Crippen LogP contribution in [0.2, 0.25) is 5.02 Å². The predicted molar refractivity (Wildman–Crippen MR) is 113 cm³/mol. The second-order valence-corrected chi connectivity index (χ2v) is 7.46. The molecule has 0 N–H and O–H groups in total. The molecule has 0 spiro atoms. The Morgan fingerprint density at radius 2 is 1.90 bits per heavy atom. The fourth-order valence-corrected chi connectivity index (χ4v) is 4.07. The Balaban J connectivity index is 1.63. The predicted octanol–water partition coefficient (Wildman–Crippen LogP) is 4.66. The molecular formula is C20H13ClN6OS. The molecule has 0 saturated carbocycles. The van der Waals surface area contributed by atoms with E-state index in [0.717, 1.165) is 32.7 Å². The van der Waals surface area contributed by atoms with E-state index in [9.17, 15) is 0 Å². The molecule has 0 aliphatic carbocycles. The number of hydrogen-bond donors (Lipinski definition) is 0. The van der Waals surface area contributed by atoms with Gasteiger partial charge in [-0.05, 0) is 35.0 Å². The van der Waals surface area contributed by atoms with E-state index in [4.69, 9.17) is 16.3 Å². The van der Waals surface area contributed by atoms with Gasteiger partial charge in [-0.1, -0.05) is 35.9 Å². The number of thiophene rings is 1. The van der Waals surface area contributed by atoms with Gasteiger partial charge in [0.15, 0.2) is 5.82 Å². The third kappa shape index (κ3) is 3.22. The molecule has 142 valence electrons. The first-order chi connectivity index (χ1) is 14.2. The average molecular weight is 421 g/mol. The molecule has 0 atom stereocenters. The Morgan fingerprint density at radius 1 is 1.03 bits per heavy atom. The van der Waals surface area contributed by atoms with E-state index >= 15 is 0 Å². The van der Waals surface area contributed by atoms with E-state index in [1.165, 1.54) is 22.5 Å². The van der Waals surface area contributed by atoms with Gasteiger partial charge in [0.05, 0.1) is 12.5 Å². The molecule has 0 aliphatic heterocycles. The van der Waals surface area contributed by atoms with Gasteiger partial charge in [-0.25, -0.2) is 9.97 Å². The summed E-state index contributed by atoms with van der Waals surface area (Å²) in [6.07, 6.45) is 1.51. The molecule has 2 aromatic carbocycles. The average Bonchev–Trinajstić information content (AvgIpc) is 3.42. The van der Waals surface area contributed by atoms with Crippen LogP contribution in [0.25, 0.3) is 38.5 Å². The number of rotatable bonds is 4. The van der Waals surface area contributed by atoms with Crippen molar-refractivity contribution in [2.75, 3.05) is 7.11 Å². The van der Waals surface area contributed by atoms with Crippen LogP contribution in [0.5, 0.6) is 5.75 Å². The summed E-state index contributed by atoms with van der Waals surface area (Å²) in [6.45, 7) is 0. The van der Waals surface area contributed by atoms with Gasteiger partial charge in [0, 0.05) is 21.5 Å². The summed E-state index contributed by atoms with van der Waals surface area (Å²) in [5.74, 6) is 1.79. The van der Waals surface area contributed by atoms with E-state index in [0.29, 0.717) is 16.7 Å². The highest BCUT2D eigenvalue weighted by Gasteiger charge is 2.17. The highest BCUT2D eigenvalue weighted by atomic mass is 35.5. The molecule has 9 heteroatoms. The number of fused-ring (bicyclic) bond motifs is 1. The van der Waals surface area contributed by atoms with E-state index in [1.54, 1.807) is 7.11 Å². The number of benzene rings is 2. The lowest BCUT2D eigenvalue weighted by Crippen LogP contribution is -2.03. The van der Waals surface area contributed by atoms with Gasteiger partial charge in [0.2, 0.25) is 5.82 Å². The van der Waals surface area contributed by atoms with Gasteiger partial charge in [0.1, 0.15) is 16.9 Å². The molecule has 0 aliphatic rings. The van der Waals surface area contributed by atoms with E-state index in [2.05, 4.69) is 25.4 Å². The van der Waals surface area contributed by atoms with Crippen molar-refractivity contribution in [2.45, 2.75) is 0 Å². The van der Waals surface area contributed by atoms with Crippen molar-refractivity contribution in [1.29, 1.82) is 0 Å². The summed E-state index contributed by atoms with van der Waals surface area (Å²) in [5.41, 5.74) is 2.83. The highest BCUT2D eigenvalue weighted by Crippen LogP contribution is 2.36. The fraction of sp³-hybridized carbons (Fsp3) is 0.0500. The highest BCUT2D eigenvalue weighted by molar-refractivity contribution is 7.17. The number of halogens is 1. The van der Waals surface area contributed by atoms with Gasteiger partial charge < -0.3 is 4.74 Å². The summed E-state index contributed by atoms with van der Waals surface area (Å²) < 4.78 is 5.28. The zero-order valence-electron chi connectivity index (χ0n) is 15.2. The third-order valence-corrected chi connectivity index (χ3v) is 5.57. The zero-order chi connectivity index (χ0) is 19.8. The van der Waals surface area contributed by atoms with E-state index in [1.807, 2.05) is 53.9 Å². The number of methoxy groups -OCH3 is 1. The summed E-state index contributed by atoms with van der Waals surface area (Å²) >= 11 is 7.58. The van der Waals surface area contributed by atoms with Crippen molar-refractivity contribution in [2.24, 2.45) is 0 Å². The van der Waals surface area contributed by atoms with Crippen LogP contribution in [0, 0.1) is 0 Å². The van der Waals surface area contributed by atoms with Crippen molar-refractivity contribution in [1.82, 2.24) is 30.2 Å². The summed E-state index contributed by atoms with van der Waals surface area (Å²) in [4.78, 5) is 11.1. The molecule has 3 heterocycles. The van der Waals surface area contributed by atoms with Gasteiger partial charge in [-0.2, -0.15) is 0 Å². The fourth-order valence-electron chi connectivity index (χ4n) is 3.03. The molecule has 0 amide bonds. The molecule has 0 unspecified atom stereocenters. The minimum absolute atomic E-state index is 0.485. The lowest BCUT2D eigenvalue weighted by molar-refractivity contribution is 0.415. The summed E-state index contributed by atoms with van der Waals surface area (Å²) in [5, 5.41) is 16.6. The maximum Gasteiger partial charge on any atom is 0.205 e. The van der Waals surface area contributed by atoms with E-state index < -0.39 is 0 Å². The number of aromatic nitrogens is 6. The maximum atomic E-state index is 6.04. The standard InChI is InChI=1S/C20H13ClN6OS/c1-28-15-4-2-3-13(9-15)18-24-26-27(25-18)19-17-16(10-29-20(17)23-11-22-19)12-5-7-14(21)8-6-12/h2-11H,1H3. The largest absolute Gasteiger partial charge is 0.497 e. The first kappa shape index (κ1) is 17.7. The molecule has 7 nitrogen and oxygen atoms in total. The van der Waals surface area contributed by atoms with Gasteiger partial charge in [0.25, 0.3) is 0 Å². The molecule has 29 heavy (non-hydrogen) atoms. The van der Waals surface area contributed by atoms with Crippen LogP contribution in [0.3, 0.4) is 0 Å². The smallest absolute Gasteiger partial charge is 0.205 e. The molecular weight excluding hydrogens is 408 g/mol. The molecule has 0 bridgehead atoms. The van der Waals surface area contributed by atoms with Crippen LogP contribution >= 0.6 is 22.9 Å². The van der Waals surface area contributed by atoms with Crippen LogP contribution in [-0.4, -0.2) is 37.3 Å². The maximum absolute atomic E-state index is 6.04. The number of ether oxygens (including phenoxy) is 1. The van der Waals surface area contributed by atoms with Crippen molar-refractivity contribution < 1.29 is 4.74 Å². The Morgan fingerprint density at radius 3 is 2.72 bits per heavy atom. The van der Waals surface area contributed by atoms with Crippen LogP contribution in [0.15, 0.2) is 60.2 Å². The Bertz CT molecular complexity index is 1310. The van der Waals surface area contributed by atoms with Crippen molar-refractivity contribution >= 4 is 33.2 Å². The monoisotopic (exact) mass is 420 g/mol. The zero-order valence-corrected chi connectivity index (χ0v) is 16.7. The topological polar surface area (TPSA) is 78.6 Å².